The van der Waals surface area contributed by atoms with Crippen LogP contribution in [0, 0.1) is 0 Å². The van der Waals surface area contributed by atoms with E-state index in [1.165, 1.54) is 24.3 Å². The first-order valence-electron chi connectivity index (χ1n) is 6.73. The highest BCUT2D eigenvalue weighted by Gasteiger charge is 2.31. The van der Waals surface area contributed by atoms with Crippen LogP contribution in [0.5, 0.6) is 5.75 Å². The number of anilines is 1. The Bertz CT molecular complexity index is 848. The largest absolute Gasteiger partial charge is 0.573 e. The molecule has 0 saturated heterocycles. The molecule has 0 saturated carbocycles. The molecule has 2 aromatic carbocycles. The normalized spacial score (nSPS) is 11.8. The molecule has 25 heavy (non-hydrogen) atoms. The van der Waals surface area contributed by atoms with E-state index in [9.17, 15) is 26.4 Å². The number of rotatable bonds is 6. The SMILES string of the molecule is O=C(CS)c1ccc(NS(=O)(=O)c2ccc(OC(F)(F)F)cc2)cc1. The summed E-state index contributed by atoms with van der Waals surface area (Å²) in [5.74, 6) is -0.712. The van der Waals surface area contributed by atoms with Gasteiger partial charge in [-0.15, -0.1) is 13.2 Å². The van der Waals surface area contributed by atoms with Gasteiger partial charge in [-0.2, -0.15) is 12.6 Å². The van der Waals surface area contributed by atoms with Crippen molar-refractivity contribution in [3.8, 4) is 5.75 Å². The molecule has 0 aliphatic rings. The van der Waals surface area contributed by atoms with E-state index in [-0.39, 0.29) is 22.1 Å². The van der Waals surface area contributed by atoms with Crippen LogP contribution in [0.2, 0.25) is 0 Å². The maximum absolute atomic E-state index is 12.2. The van der Waals surface area contributed by atoms with Crippen LogP contribution in [0.25, 0.3) is 0 Å². The van der Waals surface area contributed by atoms with Crippen molar-refractivity contribution < 1.29 is 31.1 Å². The maximum Gasteiger partial charge on any atom is 0.573 e. The van der Waals surface area contributed by atoms with E-state index in [4.69, 9.17) is 0 Å². The quantitative estimate of drug-likeness (QED) is 0.584. The second-order valence-corrected chi connectivity index (χ2v) is 6.78. The fourth-order valence-electron chi connectivity index (χ4n) is 1.85. The molecule has 10 heteroatoms. The summed E-state index contributed by atoms with van der Waals surface area (Å²) in [5, 5.41) is 0. The van der Waals surface area contributed by atoms with Crippen molar-refractivity contribution in [3.63, 3.8) is 0 Å². The van der Waals surface area contributed by atoms with Gasteiger partial charge in [-0.3, -0.25) is 9.52 Å². The van der Waals surface area contributed by atoms with E-state index in [0.717, 1.165) is 24.3 Å². The monoisotopic (exact) mass is 391 g/mol. The summed E-state index contributed by atoms with van der Waals surface area (Å²) in [5.41, 5.74) is 0.581. The molecule has 134 valence electrons. The van der Waals surface area contributed by atoms with Crippen LogP contribution < -0.4 is 9.46 Å². The number of ketones is 1. The zero-order valence-corrected chi connectivity index (χ0v) is 14.2. The highest BCUT2D eigenvalue weighted by Crippen LogP contribution is 2.24. The molecule has 0 aromatic heterocycles. The first-order chi connectivity index (χ1) is 11.6. The Hall–Kier alpha value is -2.20. The number of alkyl halides is 3. The summed E-state index contributed by atoms with van der Waals surface area (Å²) in [4.78, 5) is 11.2. The van der Waals surface area contributed by atoms with Gasteiger partial charge in [0.05, 0.1) is 10.6 Å². The van der Waals surface area contributed by atoms with Gasteiger partial charge in [0.2, 0.25) is 0 Å². The summed E-state index contributed by atoms with van der Waals surface area (Å²) >= 11 is 3.86. The maximum atomic E-state index is 12.2. The fourth-order valence-corrected chi connectivity index (χ4v) is 3.09. The van der Waals surface area contributed by atoms with Gasteiger partial charge < -0.3 is 4.74 Å². The number of carbonyl (C=O) groups excluding carboxylic acids is 1. The summed E-state index contributed by atoms with van der Waals surface area (Å²) in [6.07, 6.45) is -4.86. The number of Topliss-reactive ketones (excluding diaryl/α,β-unsaturated/α-hetero) is 1. The van der Waals surface area contributed by atoms with E-state index in [2.05, 4.69) is 22.1 Å². The Morgan fingerprint density at radius 3 is 2.08 bits per heavy atom. The number of thiol groups is 1. The van der Waals surface area contributed by atoms with E-state index >= 15 is 0 Å². The van der Waals surface area contributed by atoms with Gasteiger partial charge in [0, 0.05) is 11.3 Å². The molecule has 1 N–H and O–H groups in total. The van der Waals surface area contributed by atoms with Crippen molar-refractivity contribution in [1.29, 1.82) is 0 Å². The van der Waals surface area contributed by atoms with Crippen molar-refractivity contribution in [2.45, 2.75) is 11.3 Å². The molecule has 0 spiro atoms. The molecule has 0 bridgehead atoms. The molecule has 0 aliphatic heterocycles. The number of halogens is 3. The van der Waals surface area contributed by atoms with Crippen molar-refractivity contribution in [2.24, 2.45) is 0 Å². The average molecular weight is 391 g/mol. The predicted octanol–water partition coefficient (Wildman–Crippen LogP) is 3.50. The van der Waals surface area contributed by atoms with Gasteiger partial charge in [0.15, 0.2) is 5.78 Å². The average Bonchev–Trinajstić information content (AvgIpc) is 2.53. The standard InChI is InChI=1S/C15H12F3NO4S2/c16-15(17,18)23-12-5-7-13(8-6-12)25(21,22)19-11-3-1-10(2-4-11)14(20)9-24/h1-8,19,24H,9H2. The molecular weight excluding hydrogens is 379 g/mol. The minimum absolute atomic E-state index is 0.0252. The van der Waals surface area contributed by atoms with E-state index in [0.29, 0.717) is 5.56 Å². The van der Waals surface area contributed by atoms with E-state index in [1.54, 1.807) is 0 Å². The van der Waals surface area contributed by atoms with E-state index < -0.39 is 22.1 Å². The fraction of sp³-hybridized carbons (Fsp3) is 0.133. The molecule has 0 amide bonds. The lowest BCUT2D eigenvalue weighted by atomic mass is 10.1. The minimum atomic E-state index is -4.86. The Morgan fingerprint density at radius 2 is 1.60 bits per heavy atom. The Kier molecular flexibility index (Phi) is 5.63. The highest BCUT2D eigenvalue weighted by atomic mass is 32.2. The summed E-state index contributed by atoms with van der Waals surface area (Å²) in [6, 6.07) is 9.45. The molecule has 5 nitrogen and oxygen atoms in total. The van der Waals surface area contributed by atoms with Gasteiger partial charge in [0.1, 0.15) is 5.75 Å². The predicted molar refractivity (Wildman–Crippen MR) is 88.6 cm³/mol. The lowest BCUT2D eigenvalue weighted by Gasteiger charge is -2.11. The molecule has 0 heterocycles. The number of nitrogens with one attached hydrogen (secondary N) is 1. The van der Waals surface area contributed by atoms with Crippen LogP contribution >= 0.6 is 12.6 Å². The Balaban J connectivity index is 2.14. The molecule has 0 radical (unpaired) electrons. The van der Waals surface area contributed by atoms with Gasteiger partial charge in [0.25, 0.3) is 10.0 Å². The molecular formula is C15H12F3NO4S2. The summed E-state index contributed by atoms with van der Waals surface area (Å²) < 4.78 is 66.7. The molecule has 0 atom stereocenters. The van der Waals surface area contributed by atoms with Crippen LogP contribution in [0.4, 0.5) is 18.9 Å². The number of hydrogen-bond acceptors (Lipinski definition) is 5. The smallest absolute Gasteiger partial charge is 0.406 e. The molecule has 0 fully saturated rings. The molecule has 0 aliphatic carbocycles. The Labute approximate surface area is 147 Å². The van der Waals surface area contributed by atoms with Crippen molar-refractivity contribution in [2.75, 3.05) is 10.5 Å². The van der Waals surface area contributed by atoms with Gasteiger partial charge in [-0.1, -0.05) is 0 Å². The zero-order valence-electron chi connectivity index (χ0n) is 12.4. The number of sulfonamides is 1. The van der Waals surface area contributed by atoms with Crippen LogP contribution in [-0.2, 0) is 10.0 Å². The zero-order chi connectivity index (χ0) is 18.7. The summed E-state index contributed by atoms with van der Waals surface area (Å²) in [7, 11) is -4.00. The molecule has 2 aromatic rings. The second-order valence-electron chi connectivity index (χ2n) is 4.78. The van der Waals surface area contributed by atoms with Crippen LogP contribution in [0.1, 0.15) is 10.4 Å². The third-order valence-corrected chi connectivity index (χ3v) is 4.65. The van der Waals surface area contributed by atoms with Crippen molar-refractivity contribution in [1.82, 2.24) is 0 Å². The third kappa shape index (κ3) is 5.40. The van der Waals surface area contributed by atoms with Crippen LogP contribution in [0.15, 0.2) is 53.4 Å². The lowest BCUT2D eigenvalue weighted by molar-refractivity contribution is -0.274. The molecule has 0 unspecified atom stereocenters. The van der Waals surface area contributed by atoms with Gasteiger partial charge in [-0.25, -0.2) is 8.42 Å². The number of benzene rings is 2. The van der Waals surface area contributed by atoms with Crippen molar-refractivity contribution in [3.05, 3.63) is 54.1 Å². The second kappa shape index (κ2) is 7.36. The third-order valence-electron chi connectivity index (χ3n) is 2.97. The Morgan fingerprint density at radius 1 is 1.04 bits per heavy atom. The first kappa shape index (κ1) is 19.1. The van der Waals surface area contributed by atoms with E-state index in [1.807, 2.05) is 0 Å². The number of hydrogen-bond donors (Lipinski definition) is 2. The van der Waals surface area contributed by atoms with Gasteiger partial charge >= 0.3 is 6.36 Å². The number of ether oxygens (including phenoxy) is 1. The first-order valence-corrected chi connectivity index (χ1v) is 8.85. The van der Waals surface area contributed by atoms with Crippen molar-refractivity contribution >= 4 is 34.1 Å². The lowest BCUT2D eigenvalue weighted by Crippen LogP contribution is -2.17. The minimum Gasteiger partial charge on any atom is -0.406 e. The van der Waals surface area contributed by atoms with Crippen LogP contribution in [0.3, 0.4) is 0 Å². The van der Waals surface area contributed by atoms with Gasteiger partial charge in [-0.05, 0) is 48.5 Å². The highest BCUT2D eigenvalue weighted by molar-refractivity contribution is 7.92. The topological polar surface area (TPSA) is 72.5 Å². The summed E-state index contributed by atoms with van der Waals surface area (Å²) in [6.45, 7) is 0. The number of carbonyl (C=O) groups is 1. The molecule has 2 rings (SSSR count). The van der Waals surface area contributed by atoms with Crippen LogP contribution in [-0.4, -0.2) is 26.3 Å².